The molecule has 0 radical (unpaired) electrons. The van der Waals surface area contributed by atoms with Crippen LogP contribution in [-0.2, 0) is 6.54 Å². The lowest BCUT2D eigenvalue weighted by Gasteiger charge is -2.28. The number of aliphatic hydroxyl groups excluding tert-OH is 1. The first-order valence-corrected chi connectivity index (χ1v) is 7.53. The second-order valence-electron chi connectivity index (χ2n) is 5.31. The van der Waals surface area contributed by atoms with E-state index in [9.17, 15) is 18.3 Å². The molecular weight excluding hydrogens is 351 g/mol. The number of benzene rings is 1. The van der Waals surface area contributed by atoms with Gasteiger partial charge >= 0.3 is 6.36 Å². The third kappa shape index (κ3) is 4.59. The summed E-state index contributed by atoms with van der Waals surface area (Å²) in [5.74, 6) is -0.260. The van der Waals surface area contributed by atoms with Gasteiger partial charge in [-0.25, -0.2) is 0 Å². The normalized spacial score (nSPS) is 18.0. The van der Waals surface area contributed by atoms with Crippen molar-refractivity contribution in [1.82, 2.24) is 5.32 Å². The highest BCUT2D eigenvalue weighted by Gasteiger charge is 2.33. The fourth-order valence-electron chi connectivity index (χ4n) is 2.59. The molecule has 2 rings (SSSR count). The summed E-state index contributed by atoms with van der Waals surface area (Å²) in [5, 5.41) is 12.8. The van der Waals surface area contributed by atoms with Crippen molar-refractivity contribution < 1.29 is 23.0 Å². The van der Waals surface area contributed by atoms with E-state index in [0.29, 0.717) is 6.54 Å². The van der Waals surface area contributed by atoms with Crippen molar-refractivity contribution in [3.8, 4) is 5.75 Å². The Balaban J connectivity index is 2.00. The van der Waals surface area contributed by atoms with Crippen molar-refractivity contribution in [3.63, 3.8) is 0 Å². The second-order valence-corrected chi connectivity index (χ2v) is 6.17. The Morgan fingerprint density at radius 1 is 1.29 bits per heavy atom. The molecule has 2 N–H and O–H groups in total. The average Bonchev–Trinajstić information content (AvgIpc) is 2.87. The van der Waals surface area contributed by atoms with Crippen LogP contribution in [0.2, 0.25) is 0 Å². The number of ether oxygens (including phenoxy) is 1. The average molecular weight is 368 g/mol. The molecule has 0 heterocycles. The number of aliphatic hydroxyl groups is 1. The van der Waals surface area contributed by atoms with Crippen LogP contribution < -0.4 is 10.1 Å². The van der Waals surface area contributed by atoms with Crippen LogP contribution in [0.3, 0.4) is 0 Å². The van der Waals surface area contributed by atoms with Crippen LogP contribution in [0.15, 0.2) is 22.7 Å². The van der Waals surface area contributed by atoms with Gasteiger partial charge < -0.3 is 15.2 Å². The van der Waals surface area contributed by atoms with E-state index < -0.39 is 6.36 Å². The SMILES string of the molecule is OCC1(NCc2ccc(OC(F)(F)F)c(Br)c2)CCCC1. The van der Waals surface area contributed by atoms with Crippen molar-refractivity contribution in [1.29, 1.82) is 0 Å². The molecule has 0 aliphatic heterocycles. The van der Waals surface area contributed by atoms with Crippen molar-refractivity contribution in [2.75, 3.05) is 6.61 Å². The van der Waals surface area contributed by atoms with E-state index in [4.69, 9.17) is 0 Å². The Labute approximate surface area is 129 Å². The van der Waals surface area contributed by atoms with E-state index >= 15 is 0 Å². The molecule has 1 fully saturated rings. The van der Waals surface area contributed by atoms with E-state index in [1.807, 2.05) is 0 Å². The topological polar surface area (TPSA) is 41.5 Å². The van der Waals surface area contributed by atoms with Crippen molar-refractivity contribution >= 4 is 15.9 Å². The van der Waals surface area contributed by atoms with Gasteiger partial charge in [0.05, 0.1) is 11.1 Å². The number of halogens is 4. The molecule has 1 aromatic rings. The van der Waals surface area contributed by atoms with Gasteiger partial charge in [-0.05, 0) is 46.5 Å². The zero-order valence-corrected chi connectivity index (χ0v) is 12.9. The van der Waals surface area contributed by atoms with Crippen molar-refractivity contribution in [3.05, 3.63) is 28.2 Å². The summed E-state index contributed by atoms with van der Waals surface area (Å²) in [6.45, 7) is 0.564. The van der Waals surface area contributed by atoms with Crippen LogP contribution in [0, 0.1) is 0 Å². The fraction of sp³-hybridized carbons (Fsp3) is 0.571. The maximum Gasteiger partial charge on any atom is 0.573 e. The molecule has 7 heteroatoms. The first kappa shape index (κ1) is 16.6. The highest BCUT2D eigenvalue weighted by molar-refractivity contribution is 9.10. The molecule has 0 unspecified atom stereocenters. The Bertz CT molecular complexity index is 488. The quantitative estimate of drug-likeness (QED) is 0.832. The molecule has 118 valence electrons. The summed E-state index contributed by atoms with van der Waals surface area (Å²) in [7, 11) is 0. The highest BCUT2D eigenvalue weighted by Crippen LogP contribution is 2.32. The largest absolute Gasteiger partial charge is 0.573 e. The number of rotatable bonds is 5. The van der Waals surface area contributed by atoms with E-state index in [-0.39, 0.29) is 22.4 Å². The minimum atomic E-state index is -4.70. The molecule has 0 spiro atoms. The molecule has 1 aromatic carbocycles. The second kappa shape index (κ2) is 6.54. The van der Waals surface area contributed by atoms with Gasteiger partial charge in [0.15, 0.2) is 0 Å². The number of hydrogen-bond acceptors (Lipinski definition) is 3. The molecule has 0 amide bonds. The molecule has 0 aromatic heterocycles. The highest BCUT2D eigenvalue weighted by atomic mass is 79.9. The van der Waals surface area contributed by atoms with Crippen LogP contribution in [0.4, 0.5) is 13.2 Å². The summed E-state index contributed by atoms with van der Waals surface area (Å²) in [4.78, 5) is 0. The molecular formula is C14H17BrF3NO2. The summed E-state index contributed by atoms with van der Waals surface area (Å²) in [6, 6.07) is 4.46. The predicted octanol–water partition coefficient (Wildman–Crippen LogP) is 3.74. The summed E-state index contributed by atoms with van der Waals surface area (Å²) >= 11 is 3.08. The van der Waals surface area contributed by atoms with Crippen LogP contribution in [0.25, 0.3) is 0 Å². The molecule has 21 heavy (non-hydrogen) atoms. The Morgan fingerprint density at radius 2 is 1.95 bits per heavy atom. The van der Waals surface area contributed by atoms with E-state index in [0.717, 1.165) is 31.2 Å². The molecule has 0 bridgehead atoms. The summed E-state index contributed by atoms with van der Waals surface area (Å²) in [6.07, 6.45) is -0.710. The van der Waals surface area contributed by atoms with Crippen LogP contribution in [0.1, 0.15) is 31.2 Å². The molecule has 3 nitrogen and oxygen atoms in total. The first-order valence-electron chi connectivity index (χ1n) is 6.74. The van der Waals surface area contributed by atoms with Crippen LogP contribution >= 0.6 is 15.9 Å². The first-order chi connectivity index (χ1) is 9.84. The van der Waals surface area contributed by atoms with E-state index in [1.165, 1.54) is 6.07 Å². The van der Waals surface area contributed by atoms with E-state index in [2.05, 4.69) is 26.0 Å². The number of hydrogen-bond donors (Lipinski definition) is 2. The lowest BCUT2D eigenvalue weighted by atomic mass is 9.98. The fourth-order valence-corrected chi connectivity index (χ4v) is 3.10. The van der Waals surface area contributed by atoms with Gasteiger partial charge in [0.2, 0.25) is 0 Å². The lowest BCUT2D eigenvalue weighted by Crippen LogP contribution is -2.45. The standard InChI is InChI=1S/C14H17BrF3NO2/c15-11-7-10(3-4-12(11)21-14(16,17)18)8-19-13(9-20)5-1-2-6-13/h3-4,7,19-20H,1-2,5-6,8-9H2. The Morgan fingerprint density at radius 3 is 2.48 bits per heavy atom. The maximum atomic E-state index is 12.2. The number of nitrogens with one attached hydrogen (secondary N) is 1. The van der Waals surface area contributed by atoms with Gasteiger partial charge in [-0.1, -0.05) is 18.9 Å². The monoisotopic (exact) mass is 367 g/mol. The van der Waals surface area contributed by atoms with Crippen molar-refractivity contribution in [2.24, 2.45) is 0 Å². The third-order valence-electron chi connectivity index (χ3n) is 3.75. The third-order valence-corrected chi connectivity index (χ3v) is 4.37. The predicted molar refractivity (Wildman–Crippen MR) is 75.9 cm³/mol. The van der Waals surface area contributed by atoms with Gasteiger partial charge in [-0.2, -0.15) is 0 Å². The zero-order chi connectivity index (χ0) is 15.5. The Kier molecular flexibility index (Phi) is 5.16. The van der Waals surface area contributed by atoms with Gasteiger partial charge in [0.25, 0.3) is 0 Å². The summed E-state index contributed by atoms with van der Waals surface area (Å²) < 4.78 is 40.7. The molecule has 1 aliphatic carbocycles. The van der Waals surface area contributed by atoms with Gasteiger partial charge in [-0.15, -0.1) is 13.2 Å². The zero-order valence-electron chi connectivity index (χ0n) is 11.3. The van der Waals surface area contributed by atoms with Gasteiger partial charge in [0, 0.05) is 12.1 Å². The van der Waals surface area contributed by atoms with Gasteiger partial charge in [0.1, 0.15) is 5.75 Å². The minimum absolute atomic E-state index is 0.0729. The molecule has 1 saturated carbocycles. The molecule has 0 atom stereocenters. The number of alkyl halides is 3. The van der Waals surface area contributed by atoms with Crippen molar-refractivity contribution in [2.45, 2.75) is 44.1 Å². The van der Waals surface area contributed by atoms with Crippen LogP contribution in [-0.4, -0.2) is 23.6 Å². The van der Waals surface area contributed by atoms with E-state index in [1.54, 1.807) is 12.1 Å². The Hall–Kier alpha value is -0.790. The smallest absolute Gasteiger partial charge is 0.405 e. The molecule has 1 aliphatic rings. The van der Waals surface area contributed by atoms with Crippen LogP contribution in [0.5, 0.6) is 5.75 Å². The lowest BCUT2D eigenvalue weighted by molar-refractivity contribution is -0.274. The maximum absolute atomic E-state index is 12.2. The van der Waals surface area contributed by atoms with Gasteiger partial charge in [-0.3, -0.25) is 0 Å². The minimum Gasteiger partial charge on any atom is -0.405 e. The molecule has 0 saturated heterocycles. The summed E-state index contributed by atoms with van der Waals surface area (Å²) in [5.41, 5.74) is 0.573.